The van der Waals surface area contributed by atoms with Gasteiger partial charge >= 0.3 is 6.11 Å². The molecule has 2 aliphatic rings. The number of rotatable bonds is 13. The number of halogens is 3. The van der Waals surface area contributed by atoms with Crippen molar-refractivity contribution >= 4 is 0 Å². The second kappa shape index (κ2) is 15.8. The number of benzene rings is 2. The van der Waals surface area contributed by atoms with Gasteiger partial charge in [-0.2, -0.15) is 8.78 Å². The Morgan fingerprint density at radius 2 is 1.24 bits per heavy atom. The van der Waals surface area contributed by atoms with E-state index in [9.17, 15) is 13.2 Å². The van der Waals surface area contributed by atoms with E-state index in [0.717, 1.165) is 43.1 Å². The molecule has 4 heteroatoms. The van der Waals surface area contributed by atoms with Gasteiger partial charge in [-0.05, 0) is 137 Å². The Balaban J connectivity index is 1.22. The van der Waals surface area contributed by atoms with Crippen molar-refractivity contribution in [1.29, 1.82) is 0 Å². The molecule has 1 nitrogen and oxygen atoms in total. The molecule has 2 fully saturated rings. The number of ether oxygens (including phenoxy) is 1. The smallest absolute Gasteiger partial charge is 0.315 e. The maximum atomic E-state index is 14.9. The molecule has 0 bridgehead atoms. The van der Waals surface area contributed by atoms with Crippen molar-refractivity contribution in [2.45, 2.75) is 122 Å². The molecule has 0 aromatic heterocycles. The highest BCUT2D eigenvalue weighted by Crippen LogP contribution is 2.39. The van der Waals surface area contributed by atoms with Crippen LogP contribution in [-0.2, 0) is 17.8 Å². The van der Waals surface area contributed by atoms with E-state index in [1.807, 2.05) is 18.2 Å². The molecule has 0 saturated heterocycles. The SMILES string of the molecule is C/C=C/CCC1CCC(c2ccc(CC(F)(F)OCc3ccc(C4CCC(CC/C=C/C)CC4)cc3F)cc2)CC1. The van der Waals surface area contributed by atoms with Crippen LogP contribution in [-0.4, -0.2) is 6.11 Å². The first kappa shape index (κ1) is 31.6. The van der Waals surface area contributed by atoms with Gasteiger partial charge in [0.1, 0.15) is 5.82 Å². The summed E-state index contributed by atoms with van der Waals surface area (Å²) in [4.78, 5) is 0. The second-order valence-electron chi connectivity index (χ2n) is 12.4. The van der Waals surface area contributed by atoms with Crippen LogP contribution < -0.4 is 0 Å². The molecule has 0 N–H and O–H groups in total. The lowest BCUT2D eigenvalue weighted by atomic mass is 9.77. The third-order valence-corrected chi connectivity index (χ3v) is 9.50. The topological polar surface area (TPSA) is 9.23 Å². The van der Waals surface area contributed by atoms with Gasteiger partial charge in [0.2, 0.25) is 0 Å². The largest absolute Gasteiger partial charge is 0.360 e. The van der Waals surface area contributed by atoms with Gasteiger partial charge in [0.25, 0.3) is 0 Å². The summed E-state index contributed by atoms with van der Waals surface area (Å²) < 4.78 is 49.3. The van der Waals surface area contributed by atoms with Crippen molar-refractivity contribution in [2.75, 3.05) is 0 Å². The molecule has 224 valence electrons. The van der Waals surface area contributed by atoms with Crippen molar-refractivity contribution in [1.82, 2.24) is 0 Å². The lowest BCUT2D eigenvalue weighted by Crippen LogP contribution is -2.24. The number of allylic oxidation sites excluding steroid dienone is 4. The molecular weight excluding hydrogens is 517 g/mol. The van der Waals surface area contributed by atoms with E-state index in [2.05, 4.69) is 38.2 Å². The van der Waals surface area contributed by atoms with Gasteiger partial charge in [-0.15, -0.1) is 0 Å². The fraction of sp³-hybridized carbons (Fsp3) is 0.568. The first-order chi connectivity index (χ1) is 19.9. The van der Waals surface area contributed by atoms with E-state index in [1.165, 1.54) is 63.0 Å². The molecule has 0 spiro atoms. The summed E-state index contributed by atoms with van der Waals surface area (Å²) in [5.41, 5.74) is 2.95. The third-order valence-electron chi connectivity index (χ3n) is 9.50. The van der Waals surface area contributed by atoms with Crippen molar-refractivity contribution < 1.29 is 17.9 Å². The molecular formula is C37H49F3O. The average molecular weight is 567 g/mol. The number of hydrogen-bond acceptors (Lipinski definition) is 1. The Morgan fingerprint density at radius 1 is 0.732 bits per heavy atom. The van der Waals surface area contributed by atoms with Crippen LogP contribution in [0.3, 0.4) is 0 Å². The van der Waals surface area contributed by atoms with Gasteiger partial charge in [0, 0.05) is 5.56 Å². The minimum Gasteiger partial charge on any atom is -0.315 e. The van der Waals surface area contributed by atoms with Gasteiger partial charge in [-0.3, -0.25) is 0 Å². The van der Waals surface area contributed by atoms with Crippen molar-refractivity contribution in [3.63, 3.8) is 0 Å². The molecule has 4 rings (SSSR count). The fourth-order valence-corrected chi connectivity index (χ4v) is 6.88. The normalized spacial score (nSPS) is 23.9. The predicted molar refractivity (Wildman–Crippen MR) is 164 cm³/mol. The number of hydrogen-bond donors (Lipinski definition) is 0. The van der Waals surface area contributed by atoms with E-state index < -0.39 is 25.0 Å². The Labute approximate surface area is 246 Å². The Bertz CT molecular complexity index is 1100. The molecule has 2 aromatic carbocycles. The molecule has 0 amide bonds. The van der Waals surface area contributed by atoms with E-state index in [1.54, 1.807) is 18.2 Å². The summed E-state index contributed by atoms with van der Waals surface area (Å²) in [6.45, 7) is 3.69. The molecule has 2 aliphatic carbocycles. The minimum atomic E-state index is -3.36. The van der Waals surface area contributed by atoms with Crippen molar-refractivity contribution in [2.24, 2.45) is 11.8 Å². The van der Waals surface area contributed by atoms with Gasteiger partial charge in [-0.1, -0.05) is 60.7 Å². The molecule has 2 aromatic rings. The monoisotopic (exact) mass is 566 g/mol. The molecule has 0 aliphatic heterocycles. The average Bonchev–Trinajstić information content (AvgIpc) is 2.98. The van der Waals surface area contributed by atoms with Crippen LogP contribution in [0, 0.1) is 17.7 Å². The van der Waals surface area contributed by atoms with Crippen LogP contribution in [0.4, 0.5) is 13.2 Å². The minimum absolute atomic E-state index is 0.185. The van der Waals surface area contributed by atoms with Crippen LogP contribution in [0.15, 0.2) is 66.8 Å². The van der Waals surface area contributed by atoms with Gasteiger partial charge < -0.3 is 4.74 Å². The van der Waals surface area contributed by atoms with E-state index in [4.69, 9.17) is 4.74 Å². The zero-order valence-electron chi connectivity index (χ0n) is 25.1. The fourth-order valence-electron chi connectivity index (χ4n) is 6.88. The zero-order chi connectivity index (χ0) is 29.1. The first-order valence-corrected chi connectivity index (χ1v) is 16.0. The van der Waals surface area contributed by atoms with Crippen LogP contribution in [0.5, 0.6) is 0 Å². The third kappa shape index (κ3) is 9.87. The van der Waals surface area contributed by atoms with Crippen LogP contribution in [0.1, 0.15) is 125 Å². The Hall–Kier alpha value is -2.33. The van der Waals surface area contributed by atoms with Gasteiger partial charge in [0.15, 0.2) is 0 Å². The predicted octanol–water partition coefficient (Wildman–Crippen LogP) is 11.4. The van der Waals surface area contributed by atoms with Gasteiger partial charge in [-0.25, -0.2) is 4.39 Å². The summed E-state index contributed by atoms with van der Waals surface area (Å²) in [7, 11) is 0. The van der Waals surface area contributed by atoms with E-state index >= 15 is 0 Å². The lowest BCUT2D eigenvalue weighted by molar-refractivity contribution is -0.244. The summed E-state index contributed by atoms with van der Waals surface area (Å²) in [5, 5.41) is 0. The summed E-state index contributed by atoms with van der Waals surface area (Å²) in [5.74, 6) is 1.96. The Kier molecular flexibility index (Phi) is 12.2. The van der Waals surface area contributed by atoms with Crippen molar-refractivity contribution in [3.05, 3.63) is 94.8 Å². The maximum absolute atomic E-state index is 14.9. The summed E-state index contributed by atoms with van der Waals surface area (Å²) in [6.07, 6.45) is 18.9. The summed E-state index contributed by atoms with van der Waals surface area (Å²) >= 11 is 0. The van der Waals surface area contributed by atoms with Crippen LogP contribution >= 0.6 is 0 Å². The molecule has 0 atom stereocenters. The lowest BCUT2D eigenvalue weighted by Gasteiger charge is -2.29. The maximum Gasteiger partial charge on any atom is 0.360 e. The highest BCUT2D eigenvalue weighted by atomic mass is 19.3. The highest BCUT2D eigenvalue weighted by Gasteiger charge is 2.31. The Morgan fingerprint density at radius 3 is 1.76 bits per heavy atom. The second-order valence-corrected chi connectivity index (χ2v) is 12.4. The van der Waals surface area contributed by atoms with Crippen LogP contribution in [0.2, 0.25) is 0 Å². The highest BCUT2D eigenvalue weighted by molar-refractivity contribution is 5.28. The quantitative estimate of drug-likeness (QED) is 0.219. The van der Waals surface area contributed by atoms with Crippen LogP contribution in [0.25, 0.3) is 0 Å². The van der Waals surface area contributed by atoms with Crippen molar-refractivity contribution in [3.8, 4) is 0 Å². The molecule has 0 unspecified atom stereocenters. The van der Waals surface area contributed by atoms with Gasteiger partial charge in [0.05, 0.1) is 13.0 Å². The standard InChI is InChI=1S/C37H49F3O/c1-3-5-7-9-28-11-17-31(18-12-28)32-21-15-30(16-22-32)26-37(39,40)41-27-35-24-23-34(25-36(35)38)33-19-13-29(14-20-33)10-8-6-4-2/h3-6,15-16,21-25,28-29,31,33H,7-14,17-20,26-27H2,1-2H3/b5-3+,6-4+. The zero-order valence-corrected chi connectivity index (χ0v) is 25.1. The number of alkyl halides is 2. The molecule has 0 heterocycles. The molecule has 41 heavy (non-hydrogen) atoms. The van der Waals surface area contributed by atoms with E-state index in [-0.39, 0.29) is 5.56 Å². The first-order valence-electron chi connectivity index (χ1n) is 16.0. The molecule has 0 radical (unpaired) electrons. The summed E-state index contributed by atoms with van der Waals surface area (Å²) in [6, 6.07) is 12.7. The van der Waals surface area contributed by atoms with E-state index in [0.29, 0.717) is 17.4 Å². The molecule has 2 saturated carbocycles.